The molecule has 0 rings (SSSR count). The second kappa shape index (κ2) is 49.6. The highest BCUT2D eigenvalue weighted by molar-refractivity contribution is 5.77. The van der Waals surface area contributed by atoms with Crippen molar-refractivity contribution in [2.75, 3.05) is 6.61 Å². The molecule has 0 aromatic rings. The van der Waals surface area contributed by atoms with Gasteiger partial charge >= 0.3 is 5.97 Å². The minimum Gasteiger partial charge on any atom is -0.461 e. The topological polar surface area (TPSA) is 95.9 Å². The van der Waals surface area contributed by atoms with Gasteiger partial charge in [-0.25, -0.2) is 0 Å². The molecule has 3 atom stereocenters. The number of nitrogens with one attached hydrogen (secondary N) is 1. The van der Waals surface area contributed by atoms with Crippen LogP contribution in [0, 0.1) is 0 Å². The van der Waals surface area contributed by atoms with E-state index in [2.05, 4.69) is 80.8 Å². The molecule has 62 heavy (non-hydrogen) atoms. The zero-order valence-electron chi connectivity index (χ0n) is 41.0. The molecule has 0 aliphatic carbocycles. The van der Waals surface area contributed by atoms with E-state index >= 15 is 0 Å². The maximum absolute atomic E-state index is 13.2. The molecule has 360 valence electrons. The Morgan fingerprint density at radius 3 is 1.34 bits per heavy atom. The Morgan fingerprint density at radius 2 is 0.855 bits per heavy atom. The van der Waals surface area contributed by atoms with Gasteiger partial charge in [-0.15, -0.1) is 0 Å². The third-order valence-corrected chi connectivity index (χ3v) is 11.8. The maximum atomic E-state index is 13.2. The lowest BCUT2D eigenvalue weighted by Gasteiger charge is -2.24. The van der Waals surface area contributed by atoms with Crippen LogP contribution in [0.5, 0.6) is 0 Å². The van der Waals surface area contributed by atoms with Crippen LogP contribution in [-0.4, -0.2) is 46.9 Å². The third-order valence-electron chi connectivity index (χ3n) is 11.8. The molecule has 3 unspecified atom stereocenters. The molecule has 0 spiro atoms. The Labute approximate surface area is 384 Å². The van der Waals surface area contributed by atoms with Crippen LogP contribution >= 0.6 is 0 Å². The predicted octanol–water partition coefficient (Wildman–Crippen LogP) is 16.0. The summed E-state index contributed by atoms with van der Waals surface area (Å²) in [5, 5.41) is 23.7. The molecule has 6 heteroatoms. The number of hydrogen-bond acceptors (Lipinski definition) is 5. The molecule has 0 saturated carbocycles. The predicted molar refractivity (Wildman–Crippen MR) is 268 cm³/mol. The summed E-state index contributed by atoms with van der Waals surface area (Å²) in [5.74, 6) is -0.578. The smallest absolute Gasteiger partial charge is 0.306 e. The standard InChI is InChI=1S/C56H101NO5/c1-4-7-10-13-16-19-22-24-26-27-29-31-34-37-40-43-46-49-56(61)62-52(47-44-41-38-35-33-30-28-25-23-20-17-14-11-8-5-2)50-55(60)57-53(51-58)54(59)48-45-42-39-36-32-21-18-15-12-9-6-3/h17,20,24-26,28,33,35,41,44,52-54,58-59H,4-16,18-19,21-23,27,29-32,34,36-40,42-43,45-51H2,1-3H3,(H,57,60)/b20-17-,26-24+,28-25-,35-33-,44-41-. The van der Waals surface area contributed by atoms with Crippen molar-refractivity contribution in [1.82, 2.24) is 5.32 Å². The van der Waals surface area contributed by atoms with E-state index in [0.29, 0.717) is 19.3 Å². The first kappa shape index (κ1) is 59.6. The number of hydrogen-bond donors (Lipinski definition) is 3. The van der Waals surface area contributed by atoms with Crippen LogP contribution < -0.4 is 5.32 Å². The highest BCUT2D eigenvalue weighted by Crippen LogP contribution is 2.16. The molecule has 0 aliphatic rings. The van der Waals surface area contributed by atoms with Gasteiger partial charge < -0.3 is 20.3 Å². The summed E-state index contributed by atoms with van der Waals surface area (Å²) >= 11 is 0. The van der Waals surface area contributed by atoms with E-state index < -0.39 is 18.2 Å². The van der Waals surface area contributed by atoms with Crippen molar-refractivity contribution in [3.05, 3.63) is 60.8 Å². The van der Waals surface area contributed by atoms with Crippen LogP contribution in [0.3, 0.4) is 0 Å². The summed E-state index contributed by atoms with van der Waals surface area (Å²) in [6.07, 6.45) is 61.5. The molecule has 3 N–H and O–H groups in total. The van der Waals surface area contributed by atoms with E-state index in [1.165, 1.54) is 154 Å². The summed E-state index contributed by atoms with van der Waals surface area (Å²) in [6, 6.07) is -0.732. The van der Waals surface area contributed by atoms with Crippen molar-refractivity contribution < 1.29 is 24.5 Å². The number of allylic oxidation sites excluding steroid dienone is 9. The lowest BCUT2D eigenvalue weighted by molar-refractivity contribution is -0.150. The number of ether oxygens (including phenoxy) is 1. The summed E-state index contributed by atoms with van der Waals surface area (Å²) in [5.41, 5.74) is 0. The van der Waals surface area contributed by atoms with Gasteiger partial charge in [-0.1, -0.05) is 229 Å². The number of rotatable bonds is 47. The molecule has 0 aromatic carbocycles. The second-order valence-electron chi connectivity index (χ2n) is 17.9. The van der Waals surface area contributed by atoms with Gasteiger partial charge in [-0.2, -0.15) is 0 Å². The Balaban J connectivity index is 4.69. The van der Waals surface area contributed by atoms with E-state index in [9.17, 15) is 19.8 Å². The summed E-state index contributed by atoms with van der Waals surface area (Å²) in [4.78, 5) is 26.1. The van der Waals surface area contributed by atoms with Crippen molar-refractivity contribution in [3.8, 4) is 0 Å². The van der Waals surface area contributed by atoms with Crippen LogP contribution in [-0.2, 0) is 14.3 Å². The van der Waals surface area contributed by atoms with Gasteiger partial charge in [-0.05, 0) is 70.6 Å². The molecule has 0 fully saturated rings. The van der Waals surface area contributed by atoms with E-state index in [4.69, 9.17) is 4.74 Å². The molecular weight excluding hydrogens is 767 g/mol. The van der Waals surface area contributed by atoms with E-state index in [0.717, 1.165) is 57.8 Å². The van der Waals surface area contributed by atoms with Crippen molar-refractivity contribution in [2.24, 2.45) is 0 Å². The molecule has 6 nitrogen and oxygen atoms in total. The normalized spacial score (nSPS) is 13.7. The highest BCUT2D eigenvalue weighted by atomic mass is 16.5. The van der Waals surface area contributed by atoms with Gasteiger partial charge in [-0.3, -0.25) is 9.59 Å². The molecule has 0 heterocycles. The van der Waals surface area contributed by atoms with Gasteiger partial charge in [0.25, 0.3) is 0 Å². The van der Waals surface area contributed by atoms with Crippen molar-refractivity contribution >= 4 is 11.9 Å². The van der Waals surface area contributed by atoms with Gasteiger partial charge in [0.15, 0.2) is 0 Å². The summed E-state index contributed by atoms with van der Waals surface area (Å²) in [6.45, 7) is 6.42. The third kappa shape index (κ3) is 44.2. The van der Waals surface area contributed by atoms with Crippen molar-refractivity contribution in [1.29, 1.82) is 0 Å². The molecule has 0 saturated heterocycles. The Morgan fingerprint density at radius 1 is 0.484 bits per heavy atom. The molecule has 0 aliphatic heterocycles. The Kier molecular flexibility index (Phi) is 47.6. The molecular formula is C56H101NO5. The van der Waals surface area contributed by atoms with Crippen LogP contribution in [0.4, 0.5) is 0 Å². The summed E-state index contributed by atoms with van der Waals surface area (Å²) in [7, 11) is 0. The van der Waals surface area contributed by atoms with Gasteiger partial charge in [0.05, 0.1) is 25.2 Å². The van der Waals surface area contributed by atoms with Gasteiger partial charge in [0, 0.05) is 12.8 Å². The van der Waals surface area contributed by atoms with E-state index in [1.54, 1.807) is 0 Å². The SMILES string of the molecule is CCCCC/C=C\C/C=C\C/C=C\C/C=C\CC(CC(=O)NC(CO)C(O)CCCCCCCCCCCCC)OC(=O)CCCCCCCCC/C=C/CCCCCCCC. The second-order valence-corrected chi connectivity index (χ2v) is 17.9. The first-order valence-corrected chi connectivity index (χ1v) is 26.5. The molecule has 1 amide bonds. The van der Waals surface area contributed by atoms with Crippen molar-refractivity contribution in [2.45, 2.75) is 277 Å². The fourth-order valence-electron chi connectivity index (χ4n) is 7.76. The number of carbonyl (C=O) groups excluding carboxylic acids is 2. The minimum atomic E-state index is -0.811. The quantitative estimate of drug-likeness (QED) is 0.0322. The first-order chi connectivity index (χ1) is 30.5. The Hall–Kier alpha value is -2.44. The molecule has 0 radical (unpaired) electrons. The first-order valence-electron chi connectivity index (χ1n) is 26.5. The molecule has 0 aromatic heterocycles. The fraction of sp³-hybridized carbons (Fsp3) is 0.786. The average Bonchev–Trinajstić information content (AvgIpc) is 3.26. The van der Waals surface area contributed by atoms with E-state index in [1.807, 2.05) is 6.08 Å². The maximum Gasteiger partial charge on any atom is 0.306 e. The monoisotopic (exact) mass is 868 g/mol. The number of aliphatic hydroxyl groups is 2. The lowest BCUT2D eigenvalue weighted by Crippen LogP contribution is -2.46. The lowest BCUT2D eigenvalue weighted by atomic mass is 10.0. The van der Waals surface area contributed by atoms with Gasteiger partial charge in [0.2, 0.25) is 5.91 Å². The number of amides is 1. The fourth-order valence-corrected chi connectivity index (χ4v) is 7.76. The number of esters is 1. The highest BCUT2D eigenvalue weighted by Gasteiger charge is 2.23. The van der Waals surface area contributed by atoms with Crippen molar-refractivity contribution in [3.63, 3.8) is 0 Å². The Bertz CT molecular complexity index is 1110. The number of carbonyl (C=O) groups is 2. The number of aliphatic hydroxyl groups excluding tert-OH is 2. The summed E-state index contributed by atoms with van der Waals surface area (Å²) < 4.78 is 5.87. The van der Waals surface area contributed by atoms with Crippen LogP contribution in [0.25, 0.3) is 0 Å². The average molecular weight is 868 g/mol. The zero-order valence-corrected chi connectivity index (χ0v) is 41.0. The van der Waals surface area contributed by atoms with E-state index in [-0.39, 0.29) is 24.9 Å². The van der Waals surface area contributed by atoms with Crippen LogP contribution in [0.1, 0.15) is 258 Å². The zero-order chi connectivity index (χ0) is 45.2. The molecule has 0 bridgehead atoms. The van der Waals surface area contributed by atoms with Gasteiger partial charge in [0.1, 0.15) is 6.10 Å². The largest absolute Gasteiger partial charge is 0.461 e. The minimum absolute atomic E-state index is 0.000333. The van der Waals surface area contributed by atoms with Crippen LogP contribution in [0.2, 0.25) is 0 Å². The van der Waals surface area contributed by atoms with Crippen LogP contribution in [0.15, 0.2) is 60.8 Å². The number of unbranched alkanes of at least 4 members (excludes halogenated alkanes) is 26.